The van der Waals surface area contributed by atoms with Crippen LogP contribution in [0, 0.1) is 0 Å². The van der Waals surface area contributed by atoms with Gasteiger partial charge in [-0.05, 0) is 22.4 Å². The molecule has 2 aromatic carbocycles. The molecule has 0 amide bonds. The highest BCUT2D eigenvalue weighted by molar-refractivity contribution is 6.02. The highest BCUT2D eigenvalue weighted by atomic mass is 19.1. The summed E-state index contributed by atoms with van der Waals surface area (Å²) in [7, 11) is 0. The molecule has 5 rings (SSSR count). The Morgan fingerprint density at radius 3 is 2.69 bits per heavy atom. The number of aromatic nitrogens is 3. The van der Waals surface area contributed by atoms with E-state index in [-0.39, 0.29) is 5.82 Å². The summed E-state index contributed by atoms with van der Waals surface area (Å²) in [5.41, 5.74) is 8.22. The van der Waals surface area contributed by atoms with Crippen molar-refractivity contribution < 1.29 is 19.3 Å². The van der Waals surface area contributed by atoms with E-state index >= 15 is 0 Å². The van der Waals surface area contributed by atoms with Gasteiger partial charge in [-0.3, -0.25) is 0 Å². The van der Waals surface area contributed by atoms with E-state index in [1.165, 1.54) is 6.33 Å². The van der Waals surface area contributed by atoms with Crippen molar-refractivity contribution in [1.82, 2.24) is 14.5 Å². The van der Waals surface area contributed by atoms with Crippen molar-refractivity contribution in [3.63, 3.8) is 0 Å². The van der Waals surface area contributed by atoms with Crippen LogP contribution in [0.2, 0.25) is 0 Å². The van der Waals surface area contributed by atoms with Gasteiger partial charge < -0.3 is 25.3 Å². The number of hydrogen-bond acceptors (Lipinski definition) is 6. The second kappa shape index (κ2) is 6.77. The van der Waals surface area contributed by atoms with Crippen LogP contribution in [0.4, 0.5) is 10.2 Å². The fraction of sp³-hybridized carbons (Fsp3) is 0.238. The highest BCUT2D eigenvalue weighted by Gasteiger charge is 2.45. The van der Waals surface area contributed by atoms with E-state index in [1.807, 2.05) is 42.5 Å². The summed E-state index contributed by atoms with van der Waals surface area (Å²) >= 11 is 0. The van der Waals surface area contributed by atoms with Gasteiger partial charge in [0.15, 0.2) is 12.4 Å². The second-order valence-corrected chi connectivity index (χ2v) is 7.15. The van der Waals surface area contributed by atoms with Crippen LogP contribution in [0.15, 0.2) is 55.0 Å². The number of ether oxygens (including phenoxy) is 1. The van der Waals surface area contributed by atoms with Crippen molar-refractivity contribution in [2.24, 2.45) is 0 Å². The first-order valence-corrected chi connectivity index (χ1v) is 9.27. The molecule has 1 saturated heterocycles. The van der Waals surface area contributed by atoms with Crippen molar-refractivity contribution in [2.75, 3.05) is 12.3 Å². The molecular weight excluding hydrogens is 375 g/mol. The highest BCUT2D eigenvalue weighted by Crippen LogP contribution is 2.39. The van der Waals surface area contributed by atoms with E-state index < -0.39 is 31.2 Å². The maximum absolute atomic E-state index is 14.3. The van der Waals surface area contributed by atoms with E-state index in [4.69, 9.17) is 10.5 Å². The Morgan fingerprint density at radius 2 is 1.93 bits per heavy atom. The summed E-state index contributed by atoms with van der Waals surface area (Å²) < 4.78 is 21.4. The zero-order chi connectivity index (χ0) is 20.1. The normalized spacial score (nSPS) is 24.5. The van der Waals surface area contributed by atoms with Gasteiger partial charge in [0.05, 0.1) is 12.0 Å². The largest absolute Gasteiger partial charge is 0.394 e. The minimum atomic E-state index is -1.70. The standard InChI is InChI=1S/C21H19FN4O3/c22-17-15(9-27)29-21(18(17)28)26-8-14(16-19(23)24-10-25-20(16)26)13-6-5-11-3-1-2-4-12(11)7-13/h1-8,10,15,17-18,21,27-28H,9H2,(H2,23,24,25)/t15-,17-,18-,21-/m1/s1. The Hall–Kier alpha value is -3.07. The number of nitrogen functional groups attached to an aromatic ring is 1. The molecule has 0 radical (unpaired) electrons. The number of aliphatic hydroxyl groups excluding tert-OH is 2. The molecule has 0 unspecified atom stereocenters. The van der Waals surface area contributed by atoms with Gasteiger partial charge in [-0.2, -0.15) is 0 Å². The van der Waals surface area contributed by atoms with Crippen molar-refractivity contribution in [1.29, 1.82) is 0 Å². The van der Waals surface area contributed by atoms with Gasteiger partial charge in [-0.15, -0.1) is 0 Å². The van der Waals surface area contributed by atoms with Crippen LogP contribution in [-0.2, 0) is 4.74 Å². The predicted octanol–water partition coefficient (Wildman–Crippen LogP) is 2.42. The summed E-state index contributed by atoms with van der Waals surface area (Å²) in [5, 5.41) is 22.4. The SMILES string of the molecule is Nc1ncnc2c1c(-c1ccc3ccccc3c1)cn2[C@@H]1O[C@H](CO)[C@@H](F)[C@H]1O. The summed E-state index contributed by atoms with van der Waals surface area (Å²) in [6.07, 6.45) is -2.23. The molecule has 2 aromatic heterocycles. The maximum Gasteiger partial charge on any atom is 0.164 e. The second-order valence-electron chi connectivity index (χ2n) is 7.15. The first-order valence-electron chi connectivity index (χ1n) is 9.27. The van der Waals surface area contributed by atoms with Crippen LogP contribution in [0.5, 0.6) is 0 Å². The average molecular weight is 394 g/mol. The molecule has 148 valence electrons. The summed E-state index contributed by atoms with van der Waals surface area (Å²) in [5.74, 6) is 0.278. The van der Waals surface area contributed by atoms with Crippen molar-refractivity contribution in [2.45, 2.75) is 24.6 Å². The minimum Gasteiger partial charge on any atom is -0.394 e. The van der Waals surface area contributed by atoms with Gasteiger partial charge in [0.1, 0.15) is 30.0 Å². The lowest BCUT2D eigenvalue weighted by molar-refractivity contribution is -0.0492. The van der Waals surface area contributed by atoms with Gasteiger partial charge >= 0.3 is 0 Å². The summed E-state index contributed by atoms with van der Waals surface area (Å²) in [6.45, 7) is -0.525. The van der Waals surface area contributed by atoms with Crippen LogP contribution in [0.3, 0.4) is 0 Å². The van der Waals surface area contributed by atoms with E-state index in [0.29, 0.717) is 11.0 Å². The Kier molecular flexibility index (Phi) is 4.20. The van der Waals surface area contributed by atoms with Gasteiger partial charge in [-0.1, -0.05) is 36.4 Å². The molecule has 4 N–H and O–H groups in total. The topological polar surface area (TPSA) is 106 Å². The average Bonchev–Trinajstić information content (AvgIpc) is 3.26. The zero-order valence-corrected chi connectivity index (χ0v) is 15.3. The van der Waals surface area contributed by atoms with E-state index in [2.05, 4.69) is 9.97 Å². The van der Waals surface area contributed by atoms with E-state index in [9.17, 15) is 14.6 Å². The number of nitrogens with zero attached hydrogens (tertiary/aromatic N) is 3. The predicted molar refractivity (Wildman–Crippen MR) is 107 cm³/mol. The zero-order valence-electron chi connectivity index (χ0n) is 15.3. The fourth-order valence-electron chi connectivity index (χ4n) is 3.96. The molecule has 4 aromatic rings. The van der Waals surface area contributed by atoms with Crippen LogP contribution in [0.1, 0.15) is 6.23 Å². The maximum atomic E-state index is 14.3. The third kappa shape index (κ3) is 2.76. The number of aliphatic hydroxyl groups is 2. The fourth-order valence-corrected chi connectivity index (χ4v) is 3.96. The monoisotopic (exact) mass is 394 g/mol. The lowest BCUT2D eigenvalue weighted by atomic mass is 10.0. The number of benzene rings is 2. The quantitative estimate of drug-likeness (QED) is 0.493. The Balaban J connectivity index is 1.71. The third-order valence-corrected chi connectivity index (χ3v) is 5.44. The van der Waals surface area contributed by atoms with Crippen molar-refractivity contribution in [3.8, 4) is 11.1 Å². The van der Waals surface area contributed by atoms with Crippen LogP contribution >= 0.6 is 0 Å². The number of rotatable bonds is 3. The summed E-state index contributed by atoms with van der Waals surface area (Å²) in [4.78, 5) is 8.40. The molecule has 0 aliphatic carbocycles. The number of alkyl halides is 1. The molecular formula is C21H19FN4O3. The molecule has 0 spiro atoms. The molecule has 1 aliphatic rings. The lowest BCUT2D eigenvalue weighted by Gasteiger charge is -2.16. The van der Waals surface area contributed by atoms with Crippen LogP contribution in [-0.4, -0.2) is 49.7 Å². The number of nitrogens with two attached hydrogens (primary N) is 1. The van der Waals surface area contributed by atoms with Crippen molar-refractivity contribution in [3.05, 3.63) is 55.0 Å². The van der Waals surface area contributed by atoms with Crippen molar-refractivity contribution >= 4 is 27.6 Å². The van der Waals surface area contributed by atoms with Crippen LogP contribution < -0.4 is 5.73 Å². The molecule has 29 heavy (non-hydrogen) atoms. The number of anilines is 1. The summed E-state index contributed by atoms with van der Waals surface area (Å²) in [6, 6.07) is 14.0. The first-order chi connectivity index (χ1) is 14.1. The van der Waals surface area contributed by atoms with Gasteiger partial charge in [0.2, 0.25) is 0 Å². The van der Waals surface area contributed by atoms with Gasteiger partial charge in [0.25, 0.3) is 0 Å². The molecule has 1 aliphatic heterocycles. The number of fused-ring (bicyclic) bond motifs is 2. The van der Waals surface area contributed by atoms with Gasteiger partial charge in [-0.25, -0.2) is 14.4 Å². The van der Waals surface area contributed by atoms with Crippen LogP contribution in [0.25, 0.3) is 32.9 Å². The smallest absolute Gasteiger partial charge is 0.164 e. The minimum absolute atomic E-state index is 0.278. The molecule has 7 nitrogen and oxygen atoms in total. The Bertz CT molecular complexity index is 1210. The molecule has 0 saturated carbocycles. The molecule has 3 heterocycles. The molecule has 8 heteroatoms. The Labute approximate surface area is 165 Å². The molecule has 0 bridgehead atoms. The van der Waals surface area contributed by atoms with Gasteiger partial charge in [0, 0.05) is 11.8 Å². The lowest BCUT2D eigenvalue weighted by Crippen LogP contribution is -2.29. The third-order valence-electron chi connectivity index (χ3n) is 5.44. The first kappa shape index (κ1) is 18.0. The number of halogens is 1. The Morgan fingerprint density at radius 1 is 1.14 bits per heavy atom. The molecule has 1 fully saturated rings. The number of hydrogen-bond donors (Lipinski definition) is 3. The van der Waals surface area contributed by atoms with E-state index in [0.717, 1.165) is 21.9 Å². The molecule has 4 atom stereocenters. The van der Waals surface area contributed by atoms with E-state index in [1.54, 1.807) is 10.8 Å².